The number of anilines is 1. The van der Waals surface area contributed by atoms with Crippen LogP contribution in [0.1, 0.15) is 12.5 Å². The van der Waals surface area contributed by atoms with Gasteiger partial charge in [0.1, 0.15) is 0 Å². The van der Waals surface area contributed by atoms with Crippen LogP contribution in [0.3, 0.4) is 0 Å². The Hall–Kier alpha value is -1.90. The maximum absolute atomic E-state index is 4.19. The molecule has 0 atom stereocenters. The minimum absolute atomic E-state index is 0.647. The van der Waals surface area contributed by atoms with E-state index >= 15 is 0 Å². The molecule has 0 unspecified atom stereocenters. The van der Waals surface area contributed by atoms with E-state index in [9.17, 15) is 0 Å². The normalized spacial score (nSPS) is 10.1. The first-order valence-corrected chi connectivity index (χ1v) is 5.42. The molecule has 1 aromatic carbocycles. The molecule has 0 aliphatic rings. The molecule has 0 amide bonds. The molecule has 2 rings (SSSR count). The van der Waals surface area contributed by atoms with Crippen LogP contribution in [0.4, 0.5) is 5.95 Å². The average Bonchev–Trinajstić information content (AvgIpc) is 2.39. The van der Waals surface area contributed by atoms with Crippen molar-refractivity contribution in [3.8, 4) is 11.1 Å². The van der Waals surface area contributed by atoms with Crippen LogP contribution in [0.5, 0.6) is 0 Å². The molecule has 2 aromatic rings. The SMILES string of the molecule is CCc1ccc(-c2cnc(NC)nc2)cc1. The zero-order chi connectivity index (χ0) is 11.4. The average molecular weight is 213 g/mol. The molecular weight excluding hydrogens is 198 g/mol. The smallest absolute Gasteiger partial charge is 0.222 e. The largest absolute Gasteiger partial charge is 0.357 e. The fourth-order valence-electron chi connectivity index (χ4n) is 1.54. The Kier molecular flexibility index (Phi) is 3.15. The molecule has 1 aromatic heterocycles. The summed E-state index contributed by atoms with van der Waals surface area (Å²) in [7, 11) is 1.81. The highest BCUT2D eigenvalue weighted by Gasteiger charge is 1.99. The molecule has 0 spiro atoms. The van der Waals surface area contributed by atoms with Crippen molar-refractivity contribution in [1.29, 1.82) is 0 Å². The van der Waals surface area contributed by atoms with Crippen molar-refractivity contribution in [3.05, 3.63) is 42.2 Å². The summed E-state index contributed by atoms with van der Waals surface area (Å²) in [5.74, 6) is 0.647. The molecular formula is C13H15N3. The molecule has 1 N–H and O–H groups in total. The lowest BCUT2D eigenvalue weighted by atomic mass is 10.1. The van der Waals surface area contributed by atoms with E-state index in [1.165, 1.54) is 5.56 Å². The molecule has 1 heterocycles. The van der Waals surface area contributed by atoms with Crippen molar-refractivity contribution in [3.63, 3.8) is 0 Å². The molecule has 0 saturated heterocycles. The predicted octanol–water partition coefficient (Wildman–Crippen LogP) is 2.75. The lowest BCUT2D eigenvalue weighted by Crippen LogP contribution is -1.95. The summed E-state index contributed by atoms with van der Waals surface area (Å²) >= 11 is 0. The highest BCUT2D eigenvalue weighted by atomic mass is 15.1. The van der Waals surface area contributed by atoms with Crippen LogP contribution in [-0.4, -0.2) is 17.0 Å². The maximum atomic E-state index is 4.19. The molecule has 0 bridgehead atoms. The van der Waals surface area contributed by atoms with Crippen molar-refractivity contribution in [2.45, 2.75) is 13.3 Å². The molecule has 0 saturated carbocycles. The van der Waals surface area contributed by atoms with E-state index in [2.05, 4.69) is 46.5 Å². The monoisotopic (exact) mass is 213 g/mol. The number of aromatic nitrogens is 2. The second-order valence-corrected chi connectivity index (χ2v) is 3.60. The van der Waals surface area contributed by atoms with Crippen LogP contribution < -0.4 is 5.32 Å². The first kappa shape index (κ1) is 10.6. The summed E-state index contributed by atoms with van der Waals surface area (Å²) in [4.78, 5) is 8.39. The minimum Gasteiger partial charge on any atom is -0.357 e. The van der Waals surface area contributed by atoms with Crippen LogP contribution in [0.2, 0.25) is 0 Å². The van der Waals surface area contributed by atoms with Gasteiger partial charge in [0.05, 0.1) is 0 Å². The van der Waals surface area contributed by atoms with E-state index in [1.54, 1.807) is 0 Å². The second kappa shape index (κ2) is 4.75. The molecule has 0 aliphatic carbocycles. The van der Waals surface area contributed by atoms with Crippen LogP contribution in [0, 0.1) is 0 Å². The van der Waals surface area contributed by atoms with Gasteiger partial charge in [0.15, 0.2) is 0 Å². The Morgan fingerprint density at radius 3 is 2.12 bits per heavy atom. The van der Waals surface area contributed by atoms with Crippen LogP contribution in [0.25, 0.3) is 11.1 Å². The molecule has 3 nitrogen and oxygen atoms in total. The van der Waals surface area contributed by atoms with Gasteiger partial charge >= 0.3 is 0 Å². The third kappa shape index (κ3) is 2.19. The Bertz CT molecular complexity index is 400. The zero-order valence-electron chi connectivity index (χ0n) is 9.57. The highest BCUT2D eigenvalue weighted by Crippen LogP contribution is 2.18. The number of hydrogen-bond donors (Lipinski definition) is 1. The second-order valence-electron chi connectivity index (χ2n) is 3.60. The van der Waals surface area contributed by atoms with Crippen molar-refractivity contribution in [2.75, 3.05) is 12.4 Å². The van der Waals surface area contributed by atoms with E-state index in [-0.39, 0.29) is 0 Å². The fraction of sp³-hybridized carbons (Fsp3) is 0.231. The quantitative estimate of drug-likeness (QED) is 0.851. The number of nitrogens with zero attached hydrogens (tertiary/aromatic N) is 2. The van der Waals surface area contributed by atoms with Crippen LogP contribution >= 0.6 is 0 Å². The number of rotatable bonds is 3. The van der Waals surface area contributed by atoms with E-state index < -0.39 is 0 Å². The highest BCUT2D eigenvalue weighted by molar-refractivity contribution is 5.62. The van der Waals surface area contributed by atoms with E-state index in [1.807, 2.05) is 19.4 Å². The summed E-state index contributed by atoms with van der Waals surface area (Å²) in [6.45, 7) is 2.15. The zero-order valence-corrected chi connectivity index (χ0v) is 9.57. The van der Waals surface area contributed by atoms with Gasteiger partial charge in [-0.15, -0.1) is 0 Å². The van der Waals surface area contributed by atoms with Gasteiger partial charge in [0.25, 0.3) is 0 Å². The van der Waals surface area contributed by atoms with Gasteiger partial charge in [0, 0.05) is 25.0 Å². The van der Waals surface area contributed by atoms with E-state index in [4.69, 9.17) is 0 Å². The summed E-state index contributed by atoms with van der Waals surface area (Å²) < 4.78 is 0. The lowest BCUT2D eigenvalue weighted by Gasteiger charge is -2.03. The maximum Gasteiger partial charge on any atom is 0.222 e. The summed E-state index contributed by atoms with van der Waals surface area (Å²) in [6, 6.07) is 8.50. The van der Waals surface area contributed by atoms with Crippen LogP contribution in [-0.2, 0) is 6.42 Å². The van der Waals surface area contributed by atoms with Crippen molar-refractivity contribution < 1.29 is 0 Å². The predicted molar refractivity (Wildman–Crippen MR) is 66.4 cm³/mol. The number of hydrogen-bond acceptors (Lipinski definition) is 3. The van der Waals surface area contributed by atoms with Crippen LogP contribution in [0.15, 0.2) is 36.7 Å². The Morgan fingerprint density at radius 2 is 1.62 bits per heavy atom. The lowest BCUT2D eigenvalue weighted by molar-refractivity contribution is 1.14. The standard InChI is InChI=1S/C13H15N3/c1-3-10-4-6-11(7-5-10)12-8-15-13(14-2)16-9-12/h4-9H,3H2,1-2H3,(H,14,15,16). The third-order valence-corrected chi connectivity index (χ3v) is 2.57. The third-order valence-electron chi connectivity index (χ3n) is 2.57. The number of nitrogens with one attached hydrogen (secondary N) is 1. The van der Waals surface area contributed by atoms with Gasteiger partial charge < -0.3 is 5.32 Å². The topological polar surface area (TPSA) is 37.8 Å². The molecule has 82 valence electrons. The summed E-state index contributed by atoms with van der Waals surface area (Å²) in [6.07, 6.45) is 4.73. The van der Waals surface area contributed by atoms with Gasteiger partial charge in [-0.2, -0.15) is 0 Å². The van der Waals surface area contributed by atoms with Crippen molar-refractivity contribution in [1.82, 2.24) is 9.97 Å². The van der Waals surface area contributed by atoms with Gasteiger partial charge in [0.2, 0.25) is 5.95 Å². The van der Waals surface area contributed by atoms with Crippen molar-refractivity contribution in [2.24, 2.45) is 0 Å². The van der Waals surface area contributed by atoms with Crippen molar-refractivity contribution >= 4 is 5.95 Å². The molecule has 0 radical (unpaired) electrons. The van der Waals surface area contributed by atoms with Gasteiger partial charge in [-0.05, 0) is 17.5 Å². The number of aryl methyl sites for hydroxylation is 1. The Morgan fingerprint density at radius 1 is 1.00 bits per heavy atom. The van der Waals surface area contributed by atoms with Gasteiger partial charge in [-0.3, -0.25) is 0 Å². The summed E-state index contributed by atoms with van der Waals surface area (Å²) in [5.41, 5.74) is 3.54. The molecule has 0 fully saturated rings. The first-order chi connectivity index (χ1) is 7.83. The molecule has 16 heavy (non-hydrogen) atoms. The summed E-state index contributed by atoms with van der Waals surface area (Å²) in [5, 5.41) is 2.90. The van der Waals surface area contributed by atoms with Gasteiger partial charge in [-0.1, -0.05) is 31.2 Å². The van der Waals surface area contributed by atoms with Gasteiger partial charge in [-0.25, -0.2) is 9.97 Å². The number of benzene rings is 1. The Balaban J connectivity index is 2.28. The first-order valence-electron chi connectivity index (χ1n) is 5.42. The molecule has 0 aliphatic heterocycles. The van der Waals surface area contributed by atoms with E-state index in [0.29, 0.717) is 5.95 Å². The van der Waals surface area contributed by atoms with E-state index in [0.717, 1.165) is 17.5 Å². The Labute approximate surface area is 95.6 Å². The minimum atomic E-state index is 0.647. The fourth-order valence-corrected chi connectivity index (χ4v) is 1.54. The molecule has 3 heteroatoms.